The molecule has 0 aliphatic carbocycles. The fourth-order valence-corrected chi connectivity index (χ4v) is 1.69. The lowest BCUT2D eigenvalue weighted by atomic mass is 10.3. The minimum Gasteiger partial charge on any atom is -0.511 e. The van der Waals surface area contributed by atoms with E-state index >= 15 is 0 Å². The Labute approximate surface area is 92.7 Å². The smallest absolute Gasteiger partial charge is 0.169 e. The first-order chi connectivity index (χ1) is 6.77. The van der Waals surface area contributed by atoms with Gasteiger partial charge < -0.3 is 10.2 Å². The Morgan fingerprint density at radius 2 is 1.07 bits per heavy atom. The molecule has 5 heteroatoms. The molecule has 0 fully saturated rings. The molecule has 15 heavy (non-hydrogen) atoms. The van der Waals surface area contributed by atoms with Crippen LogP contribution in [0, 0.1) is 0 Å². The number of ketones is 2. The Hall–Kier alpha value is -1.23. The Bertz CT molecular complexity index is 310. The molecular formula is C10H14O4S. The van der Waals surface area contributed by atoms with Gasteiger partial charge in [-0.15, -0.1) is 0 Å². The zero-order valence-corrected chi connectivity index (χ0v) is 9.94. The van der Waals surface area contributed by atoms with E-state index in [4.69, 9.17) is 0 Å². The lowest BCUT2D eigenvalue weighted by Crippen LogP contribution is -2.02. The molecule has 0 spiro atoms. The number of carbonyl (C=O) groups is 2. The fraction of sp³-hybridized carbons (Fsp3) is 0.400. The summed E-state index contributed by atoms with van der Waals surface area (Å²) in [4.78, 5) is 22.4. The second kappa shape index (κ2) is 5.60. The molecule has 0 aromatic carbocycles. The van der Waals surface area contributed by atoms with Gasteiger partial charge in [0.25, 0.3) is 0 Å². The minimum atomic E-state index is -0.347. The number of rotatable bonds is 4. The van der Waals surface area contributed by atoms with E-state index in [1.54, 1.807) is 0 Å². The van der Waals surface area contributed by atoms with E-state index in [-0.39, 0.29) is 32.9 Å². The Balaban J connectivity index is 5.16. The van der Waals surface area contributed by atoms with Crippen molar-refractivity contribution in [2.75, 3.05) is 0 Å². The first-order valence-corrected chi connectivity index (χ1v) is 5.08. The van der Waals surface area contributed by atoms with Gasteiger partial charge in [0.05, 0.1) is 9.81 Å². The Morgan fingerprint density at radius 3 is 1.20 bits per heavy atom. The lowest BCUT2D eigenvalue weighted by Gasteiger charge is -2.07. The highest BCUT2D eigenvalue weighted by atomic mass is 32.2. The third-order valence-electron chi connectivity index (χ3n) is 1.50. The summed E-state index contributed by atoms with van der Waals surface area (Å²) < 4.78 is 0. The highest BCUT2D eigenvalue weighted by Gasteiger charge is 2.17. The maximum absolute atomic E-state index is 11.1. The summed E-state index contributed by atoms with van der Waals surface area (Å²) in [5.74, 6) is -1.01. The van der Waals surface area contributed by atoms with Crippen LogP contribution in [-0.4, -0.2) is 21.8 Å². The molecule has 0 aromatic heterocycles. The molecule has 0 amide bonds. The summed E-state index contributed by atoms with van der Waals surface area (Å²) in [5, 5.41) is 18.4. The SMILES string of the molecule is CC(=O)/C(S/C(C(C)=O)=C(\C)O)=C(\C)O. The van der Waals surface area contributed by atoms with Crippen molar-refractivity contribution in [1.29, 1.82) is 0 Å². The number of thioether (sulfide) groups is 1. The molecular weight excluding hydrogens is 216 g/mol. The maximum Gasteiger partial charge on any atom is 0.169 e. The van der Waals surface area contributed by atoms with Crippen LogP contribution in [0.3, 0.4) is 0 Å². The van der Waals surface area contributed by atoms with Crippen molar-refractivity contribution in [3.63, 3.8) is 0 Å². The maximum atomic E-state index is 11.1. The first kappa shape index (κ1) is 13.8. The van der Waals surface area contributed by atoms with Crippen LogP contribution in [0.4, 0.5) is 0 Å². The van der Waals surface area contributed by atoms with Crippen molar-refractivity contribution >= 4 is 23.3 Å². The Morgan fingerprint density at radius 1 is 0.800 bits per heavy atom. The number of hydrogen-bond donors (Lipinski definition) is 2. The van der Waals surface area contributed by atoms with Crippen molar-refractivity contribution in [2.24, 2.45) is 0 Å². The molecule has 0 saturated heterocycles. The van der Waals surface area contributed by atoms with Crippen molar-refractivity contribution < 1.29 is 19.8 Å². The lowest BCUT2D eigenvalue weighted by molar-refractivity contribution is -0.113. The van der Waals surface area contributed by atoms with Crippen molar-refractivity contribution in [3.8, 4) is 0 Å². The third kappa shape index (κ3) is 4.20. The van der Waals surface area contributed by atoms with Gasteiger partial charge in [-0.25, -0.2) is 0 Å². The predicted molar refractivity (Wildman–Crippen MR) is 59.6 cm³/mol. The fourth-order valence-electron chi connectivity index (χ4n) is 0.903. The normalized spacial score (nSPS) is 14.1. The molecule has 0 atom stereocenters. The zero-order valence-electron chi connectivity index (χ0n) is 9.12. The van der Waals surface area contributed by atoms with E-state index in [0.29, 0.717) is 0 Å². The zero-order chi connectivity index (χ0) is 12.2. The van der Waals surface area contributed by atoms with E-state index in [2.05, 4.69) is 0 Å². The topological polar surface area (TPSA) is 74.6 Å². The van der Waals surface area contributed by atoms with Crippen LogP contribution in [-0.2, 0) is 9.59 Å². The van der Waals surface area contributed by atoms with Gasteiger partial charge in [-0.05, 0) is 27.7 Å². The predicted octanol–water partition coefficient (Wildman–Crippen LogP) is 2.48. The van der Waals surface area contributed by atoms with Crippen LogP contribution >= 0.6 is 11.8 Å². The Kier molecular flexibility index (Phi) is 5.14. The number of carbonyl (C=O) groups excluding carboxylic acids is 2. The highest BCUT2D eigenvalue weighted by Crippen LogP contribution is 2.30. The number of hydrogen-bond acceptors (Lipinski definition) is 5. The molecule has 2 N–H and O–H groups in total. The van der Waals surface area contributed by atoms with Crippen LogP contribution < -0.4 is 0 Å². The summed E-state index contributed by atoms with van der Waals surface area (Å²) in [6.07, 6.45) is 0. The molecule has 0 saturated carbocycles. The van der Waals surface area contributed by atoms with Gasteiger partial charge in [-0.2, -0.15) is 0 Å². The van der Waals surface area contributed by atoms with E-state index in [1.165, 1.54) is 27.7 Å². The van der Waals surface area contributed by atoms with Crippen molar-refractivity contribution in [3.05, 3.63) is 21.3 Å². The summed E-state index contributed by atoms with van der Waals surface area (Å²) in [5.41, 5.74) is 0. The molecule has 0 heterocycles. The molecule has 0 aliphatic heterocycles. The molecule has 0 bridgehead atoms. The first-order valence-electron chi connectivity index (χ1n) is 4.26. The number of allylic oxidation sites excluding steroid dienone is 4. The largest absolute Gasteiger partial charge is 0.511 e. The van der Waals surface area contributed by atoms with E-state index in [0.717, 1.165) is 11.8 Å². The van der Waals surface area contributed by atoms with Crippen LogP contribution in [0.5, 0.6) is 0 Å². The number of Topliss-reactive ketones (excluding diaryl/α,β-unsaturated/α-hetero) is 2. The van der Waals surface area contributed by atoms with Crippen LogP contribution in [0.25, 0.3) is 0 Å². The van der Waals surface area contributed by atoms with E-state index in [1.807, 2.05) is 0 Å². The van der Waals surface area contributed by atoms with Crippen LogP contribution in [0.15, 0.2) is 21.3 Å². The molecule has 84 valence electrons. The van der Waals surface area contributed by atoms with E-state index in [9.17, 15) is 19.8 Å². The van der Waals surface area contributed by atoms with Gasteiger partial charge in [-0.1, -0.05) is 11.8 Å². The molecule has 0 rings (SSSR count). The average molecular weight is 230 g/mol. The number of aliphatic hydroxyl groups excluding tert-OH is 2. The van der Waals surface area contributed by atoms with Gasteiger partial charge in [0.15, 0.2) is 11.6 Å². The van der Waals surface area contributed by atoms with Crippen LogP contribution in [0.1, 0.15) is 27.7 Å². The minimum absolute atomic E-state index is 0.0635. The second-order valence-electron chi connectivity index (χ2n) is 3.04. The summed E-state index contributed by atoms with van der Waals surface area (Å²) in [6, 6.07) is 0. The summed E-state index contributed by atoms with van der Waals surface area (Å²) >= 11 is 0.782. The van der Waals surface area contributed by atoms with Gasteiger partial charge in [-0.3, -0.25) is 9.59 Å². The molecule has 0 radical (unpaired) electrons. The van der Waals surface area contributed by atoms with E-state index < -0.39 is 0 Å². The molecule has 0 unspecified atom stereocenters. The summed E-state index contributed by atoms with van der Waals surface area (Å²) in [7, 11) is 0. The standard InChI is InChI=1S/C10H14O4S/c1-5(11)9(6(2)12)15-10(7(3)13)8(4)14/h11,13H,1-4H3/b9-5-,10-7+. The average Bonchev–Trinajstić information content (AvgIpc) is 2.01. The summed E-state index contributed by atoms with van der Waals surface area (Å²) in [6.45, 7) is 5.28. The molecule has 4 nitrogen and oxygen atoms in total. The third-order valence-corrected chi connectivity index (χ3v) is 3.07. The molecule has 0 aromatic rings. The van der Waals surface area contributed by atoms with Gasteiger partial charge in [0, 0.05) is 0 Å². The van der Waals surface area contributed by atoms with Gasteiger partial charge in [0.2, 0.25) is 0 Å². The second-order valence-corrected chi connectivity index (χ2v) is 4.06. The van der Waals surface area contributed by atoms with Crippen molar-refractivity contribution in [2.45, 2.75) is 27.7 Å². The monoisotopic (exact) mass is 230 g/mol. The van der Waals surface area contributed by atoms with Gasteiger partial charge >= 0.3 is 0 Å². The molecule has 0 aliphatic rings. The van der Waals surface area contributed by atoms with Crippen LogP contribution in [0.2, 0.25) is 0 Å². The number of aliphatic hydroxyl groups is 2. The quantitative estimate of drug-likeness (QED) is 0.573. The highest BCUT2D eigenvalue weighted by molar-refractivity contribution is 8.08. The van der Waals surface area contributed by atoms with Crippen molar-refractivity contribution in [1.82, 2.24) is 0 Å². The van der Waals surface area contributed by atoms with Gasteiger partial charge in [0.1, 0.15) is 11.5 Å².